The number of likely N-dealkylation sites (N-methyl/N-ethyl adjacent to an activating group) is 1. The van der Waals surface area contributed by atoms with Crippen LogP contribution in [-0.4, -0.2) is 70.8 Å². The Morgan fingerprint density at radius 1 is 1.10 bits per heavy atom. The standard InChI is InChI=1S/C34H52N2O5S/c1-9-10-14-34(38)28(32(2,3)4)19-25(20-29(34)33(5,6)7)31-36(30(37)23-42-31)16-11-15-35(8)17-18-39-26-13-12-24-22-40-41-27(24)21-26/h12-13,19-21,25,31,38H,9-11,14-18,22-23H2,1-8H3/t25?,31-,34?/m0/s1. The zero-order valence-corrected chi connectivity index (χ0v) is 27.8. The van der Waals surface area contributed by atoms with Gasteiger partial charge >= 0.3 is 0 Å². The molecule has 8 heteroatoms. The second kappa shape index (κ2) is 13.3. The number of aliphatic hydroxyl groups is 1. The Balaban J connectivity index is 1.39. The number of unbranched alkanes of at least 4 members (excludes halogenated alkanes) is 1. The third-order valence-corrected chi connectivity index (χ3v) is 9.86. The largest absolute Gasteiger partial charge is 0.492 e. The highest BCUT2D eigenvalue weighted by molar-refractivity contribution is 8.01. The van der Waals surface area contributed by atoms with Crippen molar-refractivity contribution in [3.63, 3.8) is 0 Å². The van der Waals surface area contributed by atoms with Gasteiger partial charge in [0.05, 0.1) is 11.1 Å². The Morgan fingerprint density at radius 3 is 2.43 bits per heavy atom. The van der Waals surface area contributed by atoms with E-state index in [9.17, 15) is 9.90 Å². The Morgan fingerprint density at radius 2 is 1.79 bits per heavy atom. The molecule has 1 aromatic rings. The molecule has 0 radical (unpaired) electrons. The summed E-state index contributed by atoms with van der Waals surface area (Å²) >= 11 is 1.74. The third kappa shape index (κ3) is 7.55. The van der Waals surface area contributed by atoms with Gasteiger partial charge in [-0.2, -0.15) is 4.89 Å². The molecule has 3 aliphatic rings. The lowest BCUT2D eigenvalue weighted by Crippen LogP contribution is -2.47. The highest BCUT2D eigenvalue weighted by atomic mass is 32.2. The van der Waals surface area contributed by atoms with Gasteiger partial charge in [-0.05, 0) is 60.5 Å². The van der Waals surface area contributed by atoms with Gasteiger partial charge in [0.1, 0.15) is 24.6 Å². The SMILES string of the molecule is CCCCC1(O)C(C(C)(C)C)=CC([C@@H]2SCC(=O)N2CCCN(C)CCOc2ccc3c(c2)OOC3)C=C1C(C)(C)C. The van der Waals surface area contributed by atoms with Crippen LogP contribution in [0.2, 0.25) is 0 Å². The van der Waals surface area contributed by atoms with E-state index in [4.69, 9.17) is 14.5 Å². The number of hydrogen-bond donors (Lipinski definition) is 1. The molecule has 2 aliphatic heterocycles. The van der Waals surface area contributed by atoms with Crippen molar-refractivity contribution in [2.75, 3.05) is 39.0 Å². The summed E-state index contributed by atoms with van der Waals surface area (Å²) in [5, 5.41) is 12.4. The van der Waals surface area contributed by atoms with Crippen molar-refractivity contribution in [3.05, 3.63) is 47.1 Å². The molecule has 1 aromatic carbocycles. The van der Waals surface area contributed by atoms with Gasteiger partial charge in [0.15, 0.2) is 5.75 Å². The van der Waals surface area contributed by atoms with E-state index in [-0.39, 0.29) is 28.0 Å². The summed E-state index contributed by atoms with van der Waals surface area (Å²) in [6.07, 6.45) is 8.23. The number of thioether (sulfide) groups is 1. The Kier molecular flexibility index (Phi) is 10.4. The van der Waals surface area contributed by atoms with Crippen molar-refractivity contribution in [2.45, 2.75) is 91.7 Å². The van der Waals surface area contributed by atoms with E-state index in [1.54, 1.807) is 11.8 Å². The molecule has 1 fully saturated rings. The maximum Gasteiger partial charge on any atom is 0.233 e. The summed E-state index contributed by atoms with van der Waals surface area (Å²) in [5.74, 6) is 2.29. The molecular weight excluding hydrogens is 548 g/mol. The lowest BCUT2D eigenvalue weighted by Gasteiger charge is -2.48. The van der Waals surface area contributed by atoms with Gasteiger partial charge < -0.3 is 24.5 Å². The molecule has 2 heterocycles. The molecule has 234 valence electrons. The molecule has 1 saturated heterocycles. The maximum atomic E-state index is 13.1. The molecule has 1 amide bonds. The predicted molar refractivity (Wildman–Crippen MR) is 170 cm³/mol. The fourth-order valence-corrected chi connectivity index (χ4v) is 7.68. The topological polar surface area (TPSA) is 71.5 Å². The molecule has 7 nitrogen and oxygen atoms in total. The van der Waals surface area contributed by atoms with Crippen LogP contribution >= 0.6 is 11.8 Å². The van der Waals surface area contributed by atoms with Gasteiger partial charge in [-0.25, -0.2) is 0 Å². The molecular formula is C34H52N2O5S. The third-order valence-electron chi connectivity index (χ3n) is 8.53. The first kappa shape index (κ1) is 32.9. The maximum absolute atomic E-state index is 13.1. The lowest BCUT2D eigenvalue weighted by molar-refractivity contribution is -0.194. The summed E-state index contributed by atoms with van der Waals surface area (Å²) in [7, 11) is 2.09. The first-order chi connectivity index (χ1) is 19.7. The minimum absolute atomic E-state index is 0.0440. The van der Waals surface area contributed by atoms with E-state index in [2.05, 4.69) is 77.5 Å². The Bertz CT molecular complexity index is 1130. The van der Waals surface area contributed by atoms with Crippen molar-refractivity contribution < 1.29 is 24.4 Å². The fraction of sp³-hybridized carbons (Fsp3) is 0.676. The molecule has 1 atom stereocenters. The van der Waals surface area contributed by atoms with Crippen LogP contribution in [0.3, 0.4) is 0 Å². The minimum Gasteiger partial charge on any atom is -0.492 e. The van der Waals surface area contributed by atoms with E-state index >= 15 is 0 Å². The van der Waals surface area contributed by atoms with Crippen LogP contribution in [-0.2, 0) is 16.3 Å². The number of nitrogens with zero attached hydrogens (tertiary/aromatic N) is 2. The number of fused-ring (bicyclic) bond motifs is 1. The van der Waals surface area contributed by atoms with Crippen LogP contribution in [0.25, 0.3) is 0 Å². The molecule has 1 aliphatic carbocycles. The monoisotopic (exact) mass is 600 g/mol. The lowest BCUT2D eigenvalue weighted by atomic mass is 9.61. The van der Waals surface area contributed by atoms with E-state index in [1.165, 1.54) is 0 Å². The highest BCUT2D eigenvalue weighted by Crippen LogP contribution is 2.52. The summed E-state index contributed by atoms with van der Waals surface area (Å²) < 4.78 is 5.93. The van der Waals surface area contributed by atoms with Gasteiger partial charge in [-0.1, -0.05) is 73.5 Å². The summed E-state index contributed by atoms with van der Waals surface area (Å²) in [4.78, 5) is 27.6. The minimum atomic E-state index is -0.952. The average Bonchev–Trinajstić information content (AvgIpc) is 3.52. The van der Waals surface area contributed by atoms with Crippen LogP contribution in [0, 0.1) is 16.7 Å². The van der Waals surface area contributed by atoms with Gasteiger partial charge in [-0.15, -0.1) is 11.8 Å². The van der Waals surface area contributed by atoms with Gasteiger partial charge in [0, 0.05) is 30.6 Å². The zero-order valence-electron chi connectivity index (χ0n) is 27.0. The summed E-state index contributed by atoms with van der Waals surface area (Å²) in [6, 6.07) is 5.79. The fourth-order valence-electron chi connectivity index (χ4n) is 6.42. The van der Waals surface area contributed by atoms with Crippen LogP contribution < -0.4 is 9.62 Å². The van der Waals surface area contributed by atoms with Crippen molar-refractivity contribution in [1.82, 2.24) is 9.80 Å². The smallest absolute Gasteiger partial charge is 0.233 e. The second-order valence-electron chi connectivity index (χ2n) is 14.1. The molecule has 0 aromatic heterocycles. The zero-order chi connectivity index (χ0) is 30.7. The number of carbonyl (C=O) groups excluding carboxylic acids is 1. The normalized spacial score (nSPS) is 24.5. The van der Waals surface area contributed by atoms with Crippen molar-refractivity contribution in [3.8, 4) is 11.5 Å². The van der Waals surface area contributed by atoms with Crippen LogP contribution in [0.5, 0.6) is 11.5 Å². The van der Waals surface area contributed by atoms with E-state index in [0.29, 0.717) is 19.0 Å². The average molecular weight is 601 g/mol. The van der Waals surface area contributed by atoms with Crippen molar-refractivity contribution >= 4 is 17.7 Å². The molecule has 0 unspecified atom stereocenters. The number of benzene rings is 1. The van der Waals surface area contributed by atoms with E-state index in [1.807, 2.05) is 18.2 Å². The van der Waals surface area contributed by atoms with Gasteiger partial charge in [0.25, 0.3) is 0 Å². The molecule has 4 rings (SSSR count). The van der Waals surface area contributed by atoms with Crippen molar-refractivity contribution in [1.29, 1.82) is 0 Å². The van der Waals surface area contributed by atoms with Gasteiger partial charge in [-0.3, -0.25) is 4.79 Å². The Labute approximate surface area is 257 Å². The Hall–Kier alpha value is -2.00. The van der Waals surface area contributed by atoms with Crippen LogP contribution in [0.15, 0.2) is 41.5 Å². The number of amides is 1. The number of rotatable bonds is 12. The molecule has 1 N–H and O–H groups in total. The number of carbonyl (C=O) groups is 1. The molecule has 42 heavy (non-hydrogen) atoms. The van der Waals surface area contributed by atoms with Crippen LogP contribution in [0.4, 0.5) is 0 Å². The van der Waals surface area contributed by atoms with E-state index in [0.717, 1.165) is 73.5 Å². The highest BCUT2D eigenvalue weighted by Gasteiger charge is 2.48. The predicted octanol–water partition coefficient (Wildman–Crippen LogP) is 6.61. The van der Waals surface area contributed by atoms with E-state index < -0.39 is 5.60 Å². The molecule has 0 saturated carbocycles. The van der Waals surface area contributed by atoms with Gasteiger partial charge in [0.2, 0.25) is 5.91 Å². The first-order valence-electron chi connectivity index (χ1n) is 15.6. The summed E-state index contributed by atoms with van der Waals surface area (Å²) in [5.41, 5.74) is 1.91. The van der Waals surface area contributed by atoms with Crippen LogP contribution in [0.1, 0.15) is 79.7 Å². The first-order valence-corrected chi connectivity index (χ1v) is 16.6. The second-order valence-corrected chi connectivity index (χ2v) is 15.2. The molecule has 0 bridgehead atoms. The quantitative estimate of drug-likeness (QED) is 0.214. The number of hydrogen-bond acceptors (Lipinski definition) is 7. The van der Waals surface area contributed by atoms with Crippen molar-refractivity contribution in [2.24, 2.45) is 16.7 Å². The summed E-state index contributed by atoms with van der Waals surface area (Å²) in [6.45, 7) is 18.8. The number of ether oxygens (including phenoxy) is 1. The molecule has 0 spiro atoms.